The summed E-state index contributed by atoms with van der Waals surface area (Å²) in [5.74, 6) is 1.38. The molecular formula is C24H24ClN3O2. The molecule has 5 nitrogen and oxygen atoms in total. The molecule has 1 N–H and O–H groups in total. The van der Waals surface area contributed by atoms with E-state index in [1.54, 1.807) is 0 Å². The van der Waals surface area contributed by atoms with E-state index in [0.29, 0.717) is 16.6 Å². The fourth-order valence-corrected chi connectivity index (χ4v) is 3.98. The third-order valence-corrected chi connectivity index (χ3v) is 6.04. The number of carbonyl (C=O) groups excluding carboxylic acids is 1. The molecule has 1 aromatic heterocycles. The summed E-state index contributed by atoms with van der Waals surface area (Å²) < 4.78 is 6.08. The van der Waals surface area contributed by atoms with Crippen molar-refractivity contribution >= 4 is 28.4 Å². The van der Waals surface area contributed by atoms with Crippen molar-refractivity contribution < 1.29 is 9.53 Å². The summed E-state index contributed by atoms with van der Waals surface area (Å²) in [5, 5.41) is 4.66. The maximum absolute atomic E-state index is 12.3. The van der Waals surface area contributed by atoms with E-state index in [1.807, 2.05) is 42.5 Å². The smallest absolute Gasteiger partial charge is 0.251 e. The summed E-state index contributed by atoms with van der Waals surface area (Å²) in [6.07, 6.45) is 2.56. The number of hydrogen-bond donors (Lipinski definition) is 1. The zero-order valence-electron chi connectivity index (χ0n) is 16.7. The van der Waals surface area contributed by atoms with Crippen LogP contribution in [0.1, 0.15) is 28.8 Å². The van der Waals surface area contributed by atoms with Crippen molar-refractivity contribution in [3.05, 3.63) is 70.9 Å². The van der Waals surface area contributed by atoms with Gasteiger partial charge in [0.25, 0.3) is 5.91 Å². The summed E-state index contributed by atoms with van der Waals surface area (Å²) in [5.41, 5.74) is 2.60. The van der Waals surface area contributed by atoms with Gasteiger partial charge in [0.15, 0.2) is 0 Å². The Morgan fingerprint density at radius 1 is 1.13 bits per heavy atom. The first kappa shape index (κ1) is 19.3. The number of hydrogen-bond acceptors (Lipinski definition) is 4. The minimum Gasteiger partial charge on any atom is -0.488 e. The highest BCUT2D eigenvalue weighted by Gasteiger charge is 2.29. The second kappa shape index (κ2) is 8.25. The maximum atomic E-state index is 12.3. The number of para-hydroxylation sites is 1. The van der Waals surface area contributed by atoms with E-state index in [0.717, 1.165) is 48.4 Å². The first-order valence-corrected chi connectivity index (χ1v) is 10.8. The van der Waals surface area contributed by atoms with Crippen LogP contribution in [0.4, 0.5) is 0 Å². The Morgan fingerprint density at radius 3 is 2.80 bits per heavy atom. The van der Waals surface area contributed by atoms with Crippen LogP contribution >= 0.6 is 11.6 Å². The molecule has 30 heavy (non-hydrogen) atoms. The molecule has 5 rings (SSSR count). The van der Waals surface area contributed by atoms with Gasteiger partial charge in [-0.25, -0.2) is 4.98 Å². The van der Waals surface area contributed by atoms with Gasteiger partial charge in [-0.3, -0.25) is 9.69 Å². The number of benzene rings is 2. The van der Waals surface area contributed by atoms with Crippen molar-refractivity contribution in [1.29, 1.82) is 0 Å². The minimum atomic E-state index is -0.0268. The van der Waals surface area contributed by atoms with Crippen LogP contribution in [0.2, 0.25) is 5.15 Å². The lowest BCUT2D eigenvalue weighted by atomic mass is 10.1. The molecule has 6 heteroatoms. The number of ether oxygens (including phenoxy) is 1. The highest BCUT2D eigenvalue weighted by Crippen LogP contribution is 2.28. The van der Waals surface area contributed by atoms with Crippen LogP contribution in [0.25, 0.3) is 10.9 Å². The van der Waals surface area contributed by atoms with Crippen LogP contribution in [0.15, 0.2) is 54.6 Å². The normalized spacial score (nSPS) is 17.0. The molecular weight excluding hydrogens is 398 g/mol. The summed E-state index contributed by atoms with van der Waals surface area (Å²) in [4.78, 5) is 19.1. The number of amides is 1. The topological polar surface area (TPSA) is 54.5 Å². The molecule has 2 aromatic carbocycles. The van der Waals surface area contributed by atoms with Gasteiger partial charge < -0.3 is 10.1 Å². The van der Waals surface area contributed by atoms with E-state index >= 15 is 0 Å². The number of halogens is 1. The number of nitrogens with one attached hydrogen (secondary N) is 1. The maximum Gasteiger partial charge on any atom is 0.251 e. The fourth-order valence-electron chi connectivity index (χ4n) is 3.78. The van der Waals surface area contributed by atoms with E-state index < -0.39 is 0 Å². The van der Waals surface area contributed by atoms with Crippen LogP contribution in [0.3, 0.4) is 0 Å². The molecule has 0 bridgehead atoms. The van der Waals surface area contributed by atoms with Crippen LogP contribution in [-0.2, 0) is 6.54 Å². The molecule has 1 saturated heterocycles. The van der Waals surface area contributed by atoms with Crippen LogP contribution in [0, 0.1) is 5.92 Å². The monoisotopic (exact) mass is 421 g/mol. The largest absolute Gasteiger partial charge is 0.488 e. The van der Waals surface area contributed by atoms with Crippen LogP contribution < -0.4 is 10.1 Å². The number of rotatable bonds is 7. The number of aromatic nitrogens is 1. The highest BCUT2D eigenvalue weighted by molar-refractivity contribution is 6.30. The average molecular weight is 422 g/mol. The molecule has 2 fully saturated rings. The summed E-state index contributed by atoms with van der Waals surface area (Å²) in [7, 11) is 0. The van der Waals surface area contributed by atoms with E-state index in [-0.39, 0.29) is 12.0 Å². The standard InChI is InChI=1S/C24H24ClN3O2/c25-23-19(10-17-4-1-2-7-22(17)27-23)13-28-14-21(15-28)30-20-6-3-5-18(11-20)24(29)26-12-16-8-9-16/h1-7,10-11,16,21H,8-9,12-15H2,(H,26,29). The Kier molecular flexibility index (Phi) is 5.32. The van der Waals surface area contributed by atoms with Crippen molar-refractivity contribution in [3.63, 3.8) is 0 Å². The Hall–Kier alpha value is -2.63. The van der Waals surface area contributed by atoms with E-state index in [4.69, 9.17) is 16.3 Å². The van der Waals surface area contributed by atoms with E-state index in [1.165, 1.54) is 12.8 Å². The number of nitrogens with zero attached hydrogens (tertiary/aromatic N) is 2. The number of pyridine rings is 1. The van der Waals surface area contributed by atoms with Gasteiger partial charge in [0.2, 0.25) is 0 Å². The second-order valence-corrected chi connectivity index (χ2v) is 8.60. The van der Waals surface area contributed by atoms with Crippen LogP contribution in [0.5, 0.6) is 5.75 Å². The van der Waals surface area contributed by atoms with Crippen molar-refractivity contribution in [2.75, 3.05) is 19.6 Å². The van der Waals surface area contributed by atoms with Gasteiger partial charge >= 0.3 is 0 Å². The molecule has 1 saturated carbocycles. The number of fused-ring (bicyclic) bond motifs is 1. The van der Waals surface area contributed by atoms with Gasteiger partial charge in [0, 0.05) is 42.7 Å². The number of likely N-dealkylation sites (tertiary alicyclic amines) is 1. The Morgan fingerprint density at radius 2 is 1.97 bits per heavy atom. The molecule has 2 aliphatic rings. The summed E-state index contributed by atoms with van der Waals surface area (Å²) in [6.45, 7) is 3.16. The molecule has 0 atom stereocenters. The molecule has 0 unspecified atom stereocenters. The predicted octanol–water partition coefficient (Wildman–Crippen LogP) is 4.29. The molecule has 1 aliphatic heterocycles. The Labute approximate surface area is 181 Å². The minimum absolute atomic E-state index is 0.0268. The summed E-state index contributed by atoms with van der Waals surface area (Å²) in [6, 6.07) is 17.6. The van der Waals surface area contributed by atoms with Gasteiger partial charge in [-0.1, -0.05) is 35.9 Å². The SMILES string of the molecule is O=C(NCC1CC1)c1cccc(OC2CN(Cc3cc4ccccc4nc3Cl)C2)c1. The quantitative estimate of drug-likeness (QED) is 0.578. The van der Waals surface area contributed by atoms with Gasteiger partial charge in [-0.05, 0) is 49.1 Å². The average Bonchev–Trinajstić information content (AvgIpc) is 3.55. The van der Waals surface area contributed by atoms with E-state index in [2.05, 4.69) is 27.3 Å². The molecule has 1 aliphatic carbocycles. The third-order valence-electron chi connectivity index (χ3n) is 5.71. The zero-order valence-corrected chi connectivity index (χ0v) is 17.4. The highest BCUT2D eigenvalue weighted by atomic mass is 35.5. The van der Waals surface area contributed by atoms with Gasteiger partial charge in [-0.15, -0.1) is 0 Å². The van der Waals surface area contributed by atoms with E-state index in [9.17, 15) is 4.79 Å². The zero-order chi connectivity index (χ0) is 20.5. The van der Waals surface area contributed by atoms with Crippen molar-refractivity contribution in [2.45, 2.75) is 25.5 Å². The van der Waals surface area contributed by atoms with Gasteiger partial charge in [-0.2, -0.15) is 0 Å². The van der Waals surface area contributed by atoms with Crippen molar-refractivity contribution in [3.8, 4) is 5.75 Å². The molecule has 154 valence electrons. The predicted molar refractivity (Wildman–Crippen MR) is 118 cm³/mol. The first-order chi connectivity index (χ1) is 14.6. The Balaban J connectivity index is 1.15. The molecule has 3 aromatic rings. The fraction of sp³-hybridized carbons (Fsp3) is 0.333. The molecule has 1 amide bonds. The van der Waals surface area contributed by atoms with Gasteiger partial charge in [0.1, 0.15) is 17.0 Å². The molecule has 0 spiro atoms. The first-order valence-electron chi connectivity index (χ1n) is 10.5. The Bertz CT molecular complexity index is 1080. The van der Waals surface area contributed by atoms with Gasteiger partial charge in [0.05, 0.1) is 5.52 Å². The van der Waals surface area contributed by atoms with Crippen LogP contribution in [-0.4, -0.2) is 41.5 Å². The number of carbonyl (C=O) groups is 1. The van der Waals surface area contributed by atoms with Crippen molar-refractivity contribution in [2.24, 2.45) is 5.92 Å². The molecule has 2 heterocycles. The second-order valence-electron chi connectivity index (χ2n) is 8.25. The third kappa shape index (κ3) is 4.42. The molecule has 0 radical (unpaired) electrons. The summed E-state index contributed by atoms with van der Waals surface area (Å²) >= 11 is 6.38. The van der Waals surface area contributed by atoms with Crippen molar-refractivity contribution in [1.82, 2.24) is 15.2 Å². The lowest BCUT2D eigenvalue weighted by molar-refractivity contribution is 0.0145. The lowest BCUT2D eigenvalue weighted by Crippen LogP contribution is -2.53. The lowest BCUT2D eigenvalue weighted by Gasteiger charge is -2.39.